The molecule has 0 aliphatic carbocycles. The Kier molecular flexibility index (Phi) is 3.59. The fraction of sp³-hybridized carbons (Fsp3) is 0.188. The number of nitrogens with zero attached hydrogens (tertiary/aromatic N) is 1. The zero-order valence-corrected chi connectivity index (χ0v) is 13.6. The van der Waals surface area contributed by atoms with E-state index in [0.29, 0.717) is 0 Å². The summed E-state index contributed by atoms with van der Waals surface area (Å²) in [6.45, 7) is 4.09. The van der Waals surface area contributed by atoms with Gasteiger partial charge in [-0.25, -0.2) is 0 Å². The highest BCUT2D eigenvalue weighted by Crippen LogP contribution is 2.37. The first-order chi connectivity index (χ1) is 10.1. The molecule has 0 bridgehead atoms. The van der Waals surface area contributed by atoms with Crippen LogP contribution in [0.5, 0.6) is 5.75 Å². The number of nitrogens with one attached hydrogen (secondary N) is 1. The highest BCUT2D eigenvalue weighted by molar-refractivity contribution is 9.10. The minimum atomic E-state index is 0.728. The minimum absolute atomic E-state index is 0.728. The summed E-state index contributed by atoms with van der Waals surface area (Å²) in [6.07, 6.45) is 3.41. The van der Waals surface area contributed by atoms with Gasteiger partial charge in [-0.3, -0.25) is 4.98 Å². The molecule has 0 amide bonds. The van der Waals surface area contributed by atoms with E-state index in [-0.39, 0.29) is 0 Å². The number of furan rings is 1. The fourth-order valence-corrected chi connectivity index (χ4v) is 2.75. The Balaban J connectivity index is 2.15. The summed E-state index contributed by atoms with van der Waals surface area (Å²) in [7, 11) is 1.68. The quantitative estimate of drug-likeness (QED) is 0.728. The van der Waals surface area contributed by atoms with Gasteiger partial charge in [-0.1, -0.05) is 6.07 Å². The smallest absolute Gasteiger partial charge is 0.176 e. The molecular weight excluding hydrogens is 332 g/mol. The van der Waals surface area contributed by atoms with Crippen molar-refractivity contribution >= 4 is 38.4 Å². The van der Waals surface area contributed by atoms with Gasteiger partial charge in [0.1, 0.15) is 17.0 Å². The number of pyridine rings is 1. The molecule has 2 aromatic heterocycles. The van der Waals surface area contributed by atoms with Crippen LogP contribution >= 0.6 is 15.9 Å². The SMILES string of the molecule is COc1ccc(C)c(Nc2c(Br)cnc3ccoc23)c1C. The molecule has 0 fully saturated rings. The summed E-state index contributed by atoms with van der Waals surface area (Å²) in [5.41, 5.74) is 5.62. The largest absolute Gasteiger partial charge is 0.496 e. The van der Waals surface area contributed by atoms with Crippen LogP contribution in [0.3, 0.4) is 0 Å². The van der Waals surface area contributed by atoms with Crippen LogP contribution in [-0.4, -0.2) is 12.1 Å². The van der Waals surface area contributed by atoms with Gasteiger partial charge >= 0.3 is 0 Å². The second-order valence-corrected chi connectivity index (χ2v) is 5.68. The number of aryl methyl sites for hydroxylation is 1. The number of halogens is 1. The second-order valence-electron chi connectivity index (χ2n) is 4.83. The molecule has 0 radical (unpaired) electrons. The average molecular weight is 347 g/mol. The monoisotopic (exact) mass is 346 g/mol. The van der Waals surface area contributed by atoms with Crippen molar-refractivity contribution in [1.29, 1.82) is 0 Å². The maximum atomic E-state index is 5.55. The maximum absolute atomic E-state index is 5.55. The van der Waals surface area contributed by atoms with Crippen LogP contribution in [0.2, 0.25) is 0 Å². The van der Waals surface area contributed by atoms with Crippen molar-refractivity contribution in [3.8, 4) is 5.75 Å². The van der Waals surface area contributed by atoms with Crippen molar-refractivity contribution in [3.05, 3.63) is 46.3 Å². The van der Waals surface area contributed by atoms with Crippen molar-refractivity contribution in [1.82, 2.24) is 4.98 Å². The number of fused-ring (bicyclic) bond motifs is 1. The Bertz CT molecular complexity index is 811. The third-order valence-electron chi connectivity index (χ3n) is 3.52. The zero-order chi connectivity index (χ0) is 15.0. The van der Waals surface area contributed by atoms with Crippen LogP contribution in [-0.2, 0) is 0 Å². The summed E-state index contributed by atoms with van der Waals surface area (Å²) in [4.78, 5) is 4.32. The van der Waals surface area contributed by atoms with E-state index in [1.54, 1.807) is 19.6 Å². The molecule has 1 aromatic carbocycles. The van der Waals surface area contributed by atoms with E-state index in [9.17, 15) is 0 Å². The molecule has 0 aliphatic rings. The minimum Gasteiger partial charge on any atom is -0.496 e. The number of benzene rings is 1. The molecule has 0 saturated carbocycles. The normalized spacial score (nSPS) is 10.9. The van der Waals surface area contributed by atoms with E-state index in [1.807, 2.05) is 25.1 Å². The van der Waals surface area contributed by atoms with E-state index in [0.717, 1.165) is 43.8 Å². The number of anilines is 2. The van der Waals surface area contributed by atoms with Gasteiger partial charge < -0.3 is 14.5 Å². The molecule has 2 heterocycles. The van der Waals surface area contributed by atoms with Gasteiger partial charge in [0.25, 0.3) is 0 Å². The topological polar surface area (TPSA) is 47.3 Å². The lowest BCUT2D eigenvalue weighted by molar-refractivity contribution is 0.412. The van der Waals surface area contributed by atoms with Crippen LogP contribution in [0, 0.1) is 13.8 Å². The number of methoxy groups -OCH3 is 1. The van der Waals surface area contributed by atoms with Crippen LogP contribution in [0.1, 0.15) is 11.1 Å². The lowest BCUT2D eigenvalue weighted by Crippen LogP contribution is -2.00. The second kappa shape index (κ2) is 5.41. The molecule has 21 heavy (non-hydrogen) atoms. The van der Waals surface area contributed by atoms with Gasteiger partial charge in [0.05, 0.1) is 17.8 Å². The number of ether oxygens (including phenoxy) is 1. The predicted octanol–water partition coefficient (Wildman–Crippen LogP) is 4.96. The molecule has 5 heteroatoms. The van der Waals surface area contributed by atoms with Crippen molar-refractivity contribution in [2.75, 3.05) is 12.4 Å². The fourth-order valence-electron chi connectivity index (χ4n) is 2.37. The van der Waals surface area contributed by atoms with Gasteiger partial charge in [-0.2, -0.15) is 0 Å². The van der Waals surface area contributed by atoms with E-state index in [1.165, 1.54) is 0 Å². The van der Waals surface area contributed by atoms with Gasteiger partial charge in [0, 0.05) is 23.5 Å². The average Bonchev–Trinajstić information content (AvgIpc) is 2.94. The molecule has 0 aliphatic heterocycles. The summed E-state index contributed by atoms with van der Waals surface area (Å²) in [5.74, 6) is 0.851. The first-order valence-corrected chi connectivity index (χ1v) is 7.34. The summed E-state index contributed by atoms with van der Waals surface area (Å²) in [5, 5.41) is 3.45. The highest BCUT2D eigenvalue weighted by atomic mass is 79.9. The van der Waals surface area contributed by atoms with E-state index in [2.05, 4.69) is 33.2 Å². The molecule has 1 N–H and O–H groups in total. The third-order valence-corrected chi connectivity index (χ3v) is 4.12. The Labute approximate surface area is 131 Å². The zero-order valence-electron chi connectivity index (χ0n) is 12.0. The Hall–Kier alpha value is -2.01. The molecule has 3 aromatic rings. The van der Waals surface area contributed by atoms with E-state index < -0.39 is 0 Å². The number of rotatable bonds is 3. The van der Waals surface area contributed by atoms with Crippen molar-refractivity contribution < 1.29 is 9.15 Å². The van der Waals surface area contributed by atoms with Gasteiger partial charge in [-0.05, 0) is 41.4 Å². The standard InChI is InChI=1S/C16H15BrN2O2/c1-9-4-5-13(20-3)10(2)14(9)19-15-11(17)8-18-12-6-7-21-16(12)15/h4-8H,1-3H3,(H,18,19). The molecule has 0 saturated heterocycles. The first kappa shape index (κ1) is 13.9. The lowest BCUT2D eigenvalue weighted by Gasteiger charge is -2.16. The third kappa shape index (κ3) is 2.38. The molecule has 0 atom stereocenters. The maximum Gasteiger partial charge on any atom is 0.176 e. The van der Waals surface area contributed by atoms with Crippen molar-refractivity contribution in [2.24, 2.45) is 0 Å². The van der Waals surface area contributed by atoms with Crippen LogP contribution < -0.4 is 10.1 Å². The van der Waals surface area contributed by atoms with Crippen LogP contribution in [0.4, 0.5) is 11.4 Å². The van der Waals surface area contributed by atoms with Crippen molar-refractivity contribution in [3.63, 3.8) is 0 Å². The number of hydrogen-bond donors (Lipinski definition) is 1. The van der Waals surface area contributed by atoms with Crippen LogP contribution in [0.15, 0.2) is 39.5 Å². The van der Waals surface area contributed by atoms with Gasteiger partial charge in [0.15, 0.2) is 5.58 Å². The molecule has 4 nitrogen and oxygen atoms in total. The Morgan fingerprint density at radius 3 is 2.76 bits per heavy atom. The van der Waals surface area contributed by atoms with E-state index >= 15 is 0 Å². The van der Waals surface area contributed by atoms with Gasteiger partial charge in [-0.15, -0.1) is 0 Å². The summed E-state index contributed by atoms with van der Waals surface area (Å²) < 4.78 is 11.8. The highest BCUT2D eigenvalue weighted by Gasteiger charge is 2.14. The first-order valence-electron chi connectivity index (χ1n) is 6.54. The summed E-state index contributed by atoms with van der Waals surface area (Å²) >= 11 is 3.53. The number of aromatic nitrogens is 1. The number of hydrogen-bond acceptors (Lipinski definition) is 4. The molecule has 0 unspecified atom stereocenters. The van der Waals surface area contributed by atoms with Crippen LogP contribution in [0.25, 0.3) is 11.1 Å². The molecule has 3 rings (SSSR count). The Morgan fingerprint density at radius 1 is 1.19 bits per heavy atom. The lowest BCUT2D eigenvalue weighted by atomic mass is 10.1. The van der Waals surface area contributed by atoms with Gasteiger partial charge in [0.2, 0.25) is 0 Å². The van der Waals surface area contributed by atoms with E-state index in [4.69, 9.17) is 9.15 Å². The Morgan fingerprint density at radius 2 is 2.00 bits per heavy atom. The molecule has 0 spiro atoms. The summed E-state index contributed by atoms with van der Waals surface area (Å²) in [6, 6.07) is 5.85. The molecule has 108 valence electrons. The predicted molar refractivity (Wildman–Crippen MR) is 87.5 cm³/mol. The molecular formula is C16H15BrN2O2. The van der Waals surface area contributed by atoms with Crippen molar-refractivity contribution in [2.45, 2.75) is 13.8 Å².